The van der Waals surface area contributed by atoms with Gasteiger partial charge in [0.1, 0.15) is 11.6 Å². The monoisotopic (exact) mass is 462 g/mol. The van der Waals surface area contributed by atoms with Crippen molar-refractivity contribution in [2.24, 2.45) is 0 Å². The van der Waals surface area contributed by atoms with E-state index in [1.807, 2.05) is 12.1 Å². The molecule has 0 spiro atoms. The van der Waals surface area contributed by atoms with E-state index >= 15 is 0 Å². The number of carbonyl (C=O) groups is 1. The van der Waals surface area contributed by atoms with Crippen LogP contribution in [0.25, 0.3) is 10.9 Å². The summed E-state index contributed by atoms with van der Waals surface area (Å²) in [6.07, 6.45) is 7.86. The molecule has 4 N–H and O–H groups in total. The van der Waals surface area contributed by atoms with Crippen LogP contribution in [-0.2, 0) is 4.79 Å². The molecule has 2 saturated heterocycles. The molecule has 3 aromatic rings. The van der Waals surface area contributed by atoms with E-state index in [0.29, 0.717) is 30.4 Å². The number of rotatable bonds is 5. The number of aliphatic hydroxyl groups is 1. The van der Waals surface area contributed by atoms with Crippen LogP contribution in [0.5, 0.6) is 0 Å². The van der Waals surface area contributed by atoms with Crippen LogP contribution in [0.3, 0.4) is 0 Å². The summed E-state index contributed by atoms with van der Waals surface area (Å²) in [5.74, 6) is 1.57. The molecule has 0 bridgehead atoms. The third-order valence-electron chi connectivity index (χ3n) is 6.42. The molecule has 10 nitrogen and oxygen atoms in total. The van der Waals surface area contributed by atoms with E-state index < -0.39 is 6.10 Å². The normalized spacial score (nSPS) is 20.0. The Balaban J connectivity index is 1.46. The lowest BCUT2D eigenvalue weighted by molar-refractivity contribution is -0.122. The fourth-order valence-electron chi connectivity index (χ4n) is 4.60. The van der Waals surface area contributed by atoms with Crippen molar-refractivity contribution in [3.05, 3.63) is 41.9 Å². The third kappa shape index (κ3) is 4.64. The van der Waals surface area contributed by atoms with Crippen molar-refractivity contribution in [1.82, 2.24) is 30.6 Å². The summed E-state index contributed by atoms with van der Waals surface area (Å²) in [5, 5.41) is 20.6. The molecule has 5 rings (SSSR count). The highest BCUT2D eigenvalue weighted by atomic mass is 16.3. The molecule has 2 fully saturated rings. The highest BCUT2D eigenvalue weighted by molar-refractivity contribution is 5.93. The Morgan fingerprint density at radius 3 is 2.74 bits per heavy atom. The lowest BCUT2D eigenvalue weighted by atomic mass is 10.0. The van der Waals surface area contributed by atoms with Gasteiger partial charge in [-0.15, -0.1) is 0 Å². The highest BCUT2D eigenvalue weighted by Crippen LogP contribution is 2.33. The Labute approximate surface area is 198 Å². The fraction of sp³-hybridized carbons (Fsp3) is 0.458. The Morgan fingerprint density at radius 1 is 1.12 bits per heavy atom. The molecule has 3 aromatic heterocycles. The SMILES string of the molecule is CC(O)c1cncc2nc(Nc3ccc(C4CNCCNC4=O)cn3)nc(N3CCCCC3)c12. The number of pyridine rings is 2. The average Bonchev–Trinajstić information content (AvgIpc) is 3.08. The first-order valence-electron chi connectivity index (χ1n) is 11.9. The van der Waals surface area contributed by atoms with E-state index in [-0.39, 0.29) is 11.8 Å². The number of aromatic nitrogens is 4. The predicted molar refractivity (Wildman–Crippen MR) is 130 cm³/mol. The van der Waals surface area contributed by atoms with Gasteiger partial charge < -0.3 is 26.0 Å². The van der Waals surface area contributed by atoms with Crippen molar-refractivity contribution in [2.45, 2.75) is 38.2 Å². The predicted octanol–water partition coefficient (Wildman–Crippen LogP) is 2.01. The van der Waals surface area contributed by atoms with E-state index in [1.54, 1.807) is 25.5 Å². The summed E-state index contributed by atoms with van der Waals surface area (Å²) in [7, 11) is 0. The maximum Gasteiger partial charge on any atom is 0.230 e. The second-order valence-corrected chi connectivity index (χ2v) is 8.87. The van der Waals surface area contributed by atoms with E-state index in [1.165, 1.54) is 6.42 Å². The number of hydrogen-bond acceptors (Lipinski definition) is 9. The van der Waals surface area contributed by atoms with E-state index in [9.17, 15) is 9.90 Å². The molecule has 2 unspecified atom stereocenters. The van der Waals surface area contributed by atoms with Gasteiger partial charge in [0.25, 0.3) is 0 Å². The number of carbonyl (C=O) groups excluding carboxylic acids is 1. The fourth-order valence-corrected chi connectivity index (χ4v) is 4.60. The van der Waals surface area contributed by atoms with E-state index in [4.69, 9.17) is 4.98 Å². The summed E-state index contributed by atoms with van der Waals surface area (Å²) < 4.78 is 0. The minimum Gasteiger partial charge on any atom is -0.389 e. The van der Waals surface area contributed by atoms with Gasteiger partial charge in [-0.2, -0.15) is 4.98 Å². The van der Waals surface area contributed by atoms with Crippen molar-refractivity contribution < 1.29 is 9.90 Å². The van der Waals surface area contributed by atoms with Crippen LogP contribution in [0.4, 0.5) is 17.6 Å². The third-order valence-corrected chi connectivity index (χ3v) is 6.42. The molecule has 2 aliphatic heterocycles. The van der Waals surface area contributed by atoms with E-state index in [0.717, 1.165) is 54.8 Å². The Bertz CT molecular complexity index is 1160. The summed E-state index contributed by atoms with van der Waals surface area (Å²) >= 11 is 0. The van der Waals surface area contributed by atoms with Gasteiger partial charge in [0, 0.05) is 50.7 Å². The lowest BCUT2D eigenvalue weighted by Crippen LogP contribution is -2.31. The van der Waals surface area contributed by atoms with Crippen molar-refractivity contribution in [3.8, 4) is 0 Å². The number of nitrogens with one attached hydrogen (secondary N) is 3. The van der Waals surface area contributed by atoms with Gasteiger partial charge in [0.05, 0.1) is 29.1 Å². The maximum atomic E-state index is 12.3. The van der Waals surface area contributed by atoms with Crippen LogP contribution < -0.4 is 20.9 Å². The quantitative estimate of drug-likeness (QED) is 0.450. The lowest BCUT2D eigenvalue weighted by Gasteiger charge is -2.29. The smallest absolute Gasteiger partial charge is 0.230 e. The molecule has 0 radical (unpaired) electrons. The van der Waals surface area contributed by atoms with Crippen molar-refractivity contribution in [2.75, 3.05) is 42.9 Å². The number of piperidine rings is 1. The second kappa shape index (κ2) is 9.86. The Kier molecular flexibility index (Phi) is 6.50. The minimum atomic E-state index is -0.674. The van der Waals surface area contributed by atoms with Gasteiger partial charge in [-0.3, -0.25) is 9.78 Å². The summed E-state index contributed by atoms with van der Waals surface area (Å²) in [6, 6.07) is 3.75. The highest BCUT2D eigenvalue weighted by Gasteiger charge is 2.23. The number of aliphatic hydroxyl groups excluding tert-OH is 1. The first kappa shape index (κ1) is 22.4. The zero-order chi connectivity index (χ0) is 23.5. The van der Waals surface area contributed by atoms with Gasteiger partial charge in [-0.1, -0.05) is 6.07 Å². The molecule has 2 aliphatic rings. The van der Waals surface area contributed by atoms with Crippen LogP contribution in [0, 0.1) is 0 Å². The average molecular weight is 463 g/mol. The van der Waals surface area contributed by atoms with Gasteiger partial charge in [0.15, 0.2) is 0 Å². The largest absolute Gasteiger partial charge is 0.389 e. The van der Waals surface area contributed by atoms with Gasteiger partial charge in [0.2, 0.25) is 11.9 Å². The van der Waals surface area contributed by atoms with Gasteiger partial charge >= 0.3 is 0 Å². The van der Waals surface area contributed by atoms with Crippen molar-refractivity contribution in [3.63, 3.8) is 0 Å². The standard InChI is InChI=1S/C24H30N8O2/c1-15(33)17-12-26-14-19-21(17)22(32-9-3-2-4-10-32)31-24(29-19)30-20-6-5-16(11-28-20)18-13-25-7-8-27-23(18)34/h5-6,11-12,14-15,18,25,33H,2-4,7-10,13H2,1H3,(H,27,34)(H,28,29,30,31). The molecule has 10 heteroatoms. The Hall–Kier alpha value is -3.37. The molecule has 0 aliphatic carbocycles. The Morgan fingerprint density at radius 2 is 1.97 bits per heavy atom. The molecule has 1 amide bonds. The van der Waals surface area contributed by atoms with Crippen LogP contribution in [0.15, 0.2) is 30.7 Å². The minimum absolute atomic E-state index is 0.0120. The molecular weight excluding hydrogens is 432 g/mol. The van der Waals surface area contributed by atoms with Crippen molar-refractivity contribution in [1.29, 1.82) is 0 Å². The number of nitrogens with zero attached hydrogens (tertiary/aromatic N) is 5. The number of anilines is 3. The molecule has 5 heterocycles. The number of fused-ring (bicyclic) bond motifs is 1. The van der Waals surface area contributed by atoms with E-state index in [2.05, 4.69) is 35.8 Å². The molecular formula is C24H30N8O2. The first-order valence-corrected chi connectivity index (χ1v) is 11.9. The topological polar surface area (TPSA) is 128 Å². The zero-order valence-electron chi connectivity index (χ0n) is 19.3. The number of hydrogen-bond donors (Lipinski definition) is 4. The number of amides is 1. The van der Waals surface area contributed by atoms with Crippen LogP contribution in [0.1, 0.15) is 49.3 Å². The molecule has 2 atom stereocenters. The maximum absolute atomic E-state index is 12.3. The summed E-state index contributed by atoms with van der Waals surface area (Å²) in [5.41, 5.74) is 2.26. The zero-order valence-corrected chi connectivity index (χ0v) is 19.3. The van der Waals surface area contributed by atoms with Crippen LogP contribution in [-0.4, -0.2) is 63.7 Å². The second-order valence-electron chi connectivity index (χ2n) is 8.87. The molecule has 178 valence electrons. The molecule has 0 saturated carbocycles. The van der Waals surface area contributed by atoms with Gasteiger partial charge in [-0.05, 0) is 37.8 Å². The summed E-state index contributed by atoms with van der Waals surface area (Å²) in [4.78, 5) is 32.9. The summed E-state index contributed by atoms with van der Waals surface area (Å²) in [6.45, 7) is 5.55. The first-order chi connectivity index (χ1) is 16.6. The molecule has 34 heavy (non-hydrogen) atoms. The van der Waals surface area contributed by atoms with Gasteiger partial charge in [-0.25, -0.2) is 9.97 Å². The van der Waals surface area contributed by atoms with Crippen LogP contribution >= 0.6 is 0 Å². The van der Waals surface area contributed by atoms with Crippen LogP contribution in [0.2, 0.25) is 0 Å². The molecule has 0 aromatic carbocycles. The van der Waals surface area contributed by atoms with Crippen molar-refractivity contribution >= 4 is 34.4 Å².